The van der Waals surface area contributed by atoms with Gasteiger partial charge in [0.2, 0.25) is 0 Å². The standard InChI is InChI=1S/C20H19N5O2S/c1-2-23-19(18(22-20(23)28)16-9-3-4-11-21-16)17-10-6-12-24(17)14-7-5-8-15(13-14)25(26)27/h3-13,18-19H,2H2,1H3,(H,22,28). The number of nitrogens with one attached hydrogen (secondary N) is 1. The van der Waals surface area contributed by atoms with Crippen LogP contribution in [-0.4, -0.2) is 31.0 Å². The average molecular weight is 393 g/mol. The molecule has 1 aromatic carbocycles. The normalized spacial score (nSPS) is 18.9. The highest BCUT2D eigenvalue weighted by Gasteiger charge is 2.40. The number of nitro groups is 1. The largest absolute Gasteiger partial charge is 0.352 e. The minimum absolute atomic E-state index is 0.0610. The third kappa shape index (κ3) is 3.11. The van der Waals surface area contributed by atoms with Gasteiger partial charge in [-0.15, -0.1) is 0 Å². The van der Waals surface area contributed by atoms with Gasteiger partial charge < -0.3 is 14.8 Å². The van der Waals surface area contributed by atoms with E-state index < -0.39 is 0 Å². The van der Waals surface area contributed by atoms with Crippen LogP contribution in [0.1, 0.15) is 30.4 Å². The summed E-state index contributed by atoms with van der Waals surface area (Å²) in [4.78, 5) is 17.5. The lowest BCUT2D eigenvalue weighted by molar-refractivity contribution is -0.384. The number of non-ortho nitro benzene ring substituents is 1. The molecule has 0 aliphatic carbocycles. The fourth-order valence-electron chi connectivity index (χ4n) is 3.69. The summed E-state index contributed by atoms with van der Waals surface area (Å²) in [6.07, 6.45) is 3.68. The van der Waals surface area contributed by atoms with Crippen LogP contribution in [0.4, 0.5) is 5.69 Å². The number of benzene rings is 1. The molecule has 1 fully saturated rings. The molecule has 0 spiro atoms. The van der Waals surface area contributed by atoms with Crippen molar-refractivity contribution in [2.24, 2.45) is 0 Å². The zero-order valence-corrected chi connectivity index (χ0v) is 16.0. The lowest BCUT2D eigenvalue weighted by Gasteiger charge is -2.27. The van der Waals surface area contributed by atoms with E-state index >= 15 is 0 Å². The molecule has 2 atom stereocenters. The second-order valence-electron chi connectivity index (χ2n) is 6.49. The second kappa shape index (κ2) is 7.40. The molecule has 0 saturated carbocycles. The van der Waals surface area contributed by atoms with Crippen LogP contribution in [0.15, 0.2) is 67.0 Å². The average Bonchev–Trinajstić information content (AvgIpc) is 3.32. The van der Waals surface area contributed by atoms with E-state index in [9.17, 15) is 10.1 Å². The summed E-state index contributed by atoms with van der Waals surface area (Å²) in [5.41, 5.74) is 2.69. The molecule has 7 nitrogen and oxygen atoms in total. The van der Waals surface area contributed by atoms with Crippen LogP contribution in [-0.2, 0) is 0 Å². The molecule has 0 radical (unpaired) electrons. The van der Waals surface area contributed by atoms with Gasteiger partial charge in [0.05, 0.1) is 28.4 Å². The smallest absolute Gasteiger partial charge is 0.271 e. The molecule has 2 aromatic heterocycles. The highest BCUT2D eigenvalue weighted by atomic mass is 32.1. The summed E-state index contributed by atoms with van der Waals surface area (Å²) in [7, 11) is 0. The van der Waals surface area contributed by atoms with Gasteiger partial charge in [0, 0.05) is 36.8 Å². The van der Waals surface area contributed by atoms with E-state index in [2.05, 4.69) is 22.1 Å². The SMILES string of the molecule is CCN1C(=S)NC(c2ccccn2)C1c1cccn1-c1cccc([N+](=O)[O-])c1. The molecule has 1 N–H and O–H groups in total. The van der Waals surface area contributed by atoms with E-state index in [0.717, 1.165) is 23.6 Å². The van der Waals surface area contributed by atoms with E-state index in [1.54, 1.807) is 18.3 Å². The second-order valence-corrected chi connectivity index (χ2v) is 6.88. The van der Waals surface area contributed by atoms with Gasteiger partial charge in [0.25, 0.3) is 5.69 Å². The lowest BCUT2D eigenvalue weighted by Crippen LogP contribution is -2.30. The van der Waals surface area contributed by atoms with Crippen molar-refractivity contribution >= 4 is 23.0 Å². The molecule has 0 amide bonds. The Labute approximate surface area is 167 Å². The molecule has 1 aliphatic heterocycles. The van der Waals surface area contributed by atoms with Gasteiger partial charge in [-0.1, -0.05) is 12.1 Å². The molecule has 1 aliphatic rings. The molecule has 4 rings (SSSR count). The number of pyridine rings is 1. The van der Waals surface area contributed by atoms with Gasteiger partial charge in [0.1, 0.15) is 0 Å². The number of aromatic nitrogens is 2. The van der Waals surface area contributed by atoms with Crippen molar-refractivity contribution in [1.82, 2.24) is 19.8 Å². The number of nitrogens with zero attached hydrogens (tertiary/aromatic N) is 4. The maximum atomic E-state index is 11.2. The topological polar surface area (TPSA) is 76.2 Å². The predicted molar refractivity (Wildman–Crippen MR) is 110 cm³/mol. The van der Waals surface area contributed by atoms with Gasteiger partial charge in [-0.3, -0.25) is 15.1 Å². The zero-order valence-electron chi connectivity index (χ0n) is 15.2. The third-order valence-electron chi connectivity index (χ3n) is 4.94. The Balaban J connectivity index is 1.81. The maximum absolute atomic E-state index is 11.2. The van der Waals surface area contributed by atoms with Crippen LogP contribution in [0, 0.1) is 10.1 Å². The zero-order chi connectivity index (χ0) is 19.7. The van der Waals surface area contributed by atoms with Gasteiger partial charge in [-0.05, 0) is 49.5 Å². The number of nitro benzene ring substituents is 1. The molecular formula is C20H19N5O2S. The van der Waals surface area contributed by atoms with Crippen molar-refractivity contribution in [3.63, 3.8) is 0 Å². The van der Waals surface area contributed by atoms with Crippen molar-refractivity contribution in [2.75, 3.05) is 6.54 Å². The number of hydrogen-bond acceptors (Lipinski definition) is 4. The van der Waals surface area contributed by atoms with Crippen molar-refractivity contribution < 1.29 is 4.92 Å². The van der Waals surface area contributed by atoms with Gasteiger partial charge in [-0.2, -0.15) is 0 Å². The Bertz CT molecular complexity index is 1020. The van der Waals surface area contributed by atoms with Crippen molar-refractivity contribution in [2.45, 2.75) is 19.0 Å². The van der Waals surface area contributed by atoms with Crippen LogP contribution < -0.4 is 5.32 Å². The molecular weight excluding hydrogens is 374 g/mol. The Kier molecular flexibility index (Phi) is 4.79. The first kappa shape index (κ1) is 18.1. The first-order chi connectivity index (χ1) is 13.6. The number of hydrogen-bond donors (Lipinski definition) is 1. The first-order valence-electron chi connectivity index (χ1n) is 9.00. The van der Waals surface area contributed by atoms with Crippen LogP contribution in [0.3, 0.4) is 0 Å². The third-order valence-corrected chi connectivity index (χ3v) is 5.29. The molecule has 2 unspecified atom stereocenters. The van der Waals surface area contributed by atoms with Crippen LogP contribution in [0.25, 0.3) is 5.69 Å². The molecule has 3 heterocycles. The number of rotatable bonds is 5. The van der Waals surface area contributed by atoms with Crippen molar-refractivity contribution in [3.8, 4) is 5.69 Å². The molecule has 3 aromatic rings. The molecule has 1 saturated heterocycles. The van der Waals surface area contributed by atoms with Gasteiger partial charge in [-0.25, -0.2) is 0 Å². The fraction of sp³-hybridized carbons (Fsp3) is 0.200. The van der Waals surface area contributed by atoms with Crippen LogP contribution in [0.2, 0.25) is 0 Å². The summed E-state index contributed by atoms with van der Waals surface area (Å²) < 4.78 is 1.98. The molecule has 0 bridgehead atoms. The number of likely N-dealkylation sites (N-methyl/N-ethyl adjacent to an activating group) is 1. The van der Waals surface area contributed by atoms with E-state index in [1.165, 1.54) is 6.07 Å². The van der Waals surface area contributed by atoms with E-state index in [0.29, 0.717) is 5.11 Å². The Hall–Kier alpha value is -3.26. The Morgan fingerprint density at radius 3 is 2.79 bits per heavy atom. The minimum atomic E-state index is -0.381. The Morgan fingerprint density at radius 2 is 2.07 bits per heavy atom. The Morgan fingerprint density at radius 1 is 1.21 bits per heavy atom. The summed E-state index contributed by atoms with van der Waals surface area (Å²) >= 11 is 5.57. The summed E-state index contributed by atoms with van der Waals surface area (Å²) in [5.74, 6) is 0. The monoisotopic (exact) mass is 393 g/mol. The predicted octanol–water partition coefficient (Wildman–Crippen LogP) is 3.77. The van der Waals surface area contributed by atoms with E-state index in [4.69, 9.17) is 12.2 Å². The maximum Gasteiger partial charge on any atom is 0.271 e. The number of thiocarbonyl (C=S) groups is 1. The van der Waals surface area contributed by atoms with Crippen LogP contribution >= 0.6 is 12.2 Å². The lowest BCUT2D eigenvalue weighted by atomic mass is 10.0. The van der Waals surface area contributed by atoms with Gasteiger partial charge >= 0.3 is 0 Å². The van der Waals surface area contributed by atoms with E-state index in [-0.39, 0.29) is 22.7 Å². The highest BCUT2D eigenvalue weighted by molar-refractivity contribution is 7.80. The molecule has 142 valence electrons. The van der Waals surface area contributed by atoms with Crippen molar-refractivity contribution in [1.29, 1.82) is 0 Å². The van der Waals surface area contributed by atoms with E-state index in [1.807, 2.05) is 47.2 Å². The summed E-state index contributed by atoms with van der Waals surface area (Å²) in [6.45, 7) is 2.79. The fourth-order valence-corrected chi connectivity index (χ4v) is 4.06. The van der Waals surface area contributed by atoms with Crippen molar-refractivity contribution in [3.05, 3.63) is 88.5 Å². The van der Waals surface area contributed by atoms with Crippen LogP contribution in [0.5, 0.6) is 0 Å². The molecule has 28 heavy (non-hydrogen) atoms. The highest BCUT2D eigenvalue weighted by Crippen LogP contribution is 2.39. The quantitative estimate of drug-likeness (QED) is 0.404. The summed E-state index contributed by atoms with van der Waals surface area (Å²) in [6, 6.07) is 16.2. The minimum Gasteiger partial charge on any atom is -0.352 e. The molecule has 8 heteroatoms. The van der Waals surface area contributed by atoms with Gasteiger partial charge in [0.15, 0.2) is 5.11 Å². The summed E-state index contributed by atoms with van der Waals surface area (Å²) in [5, 5.41) is 15.3. The first-order valence-corrected chi connectivity index (χ1v) is 9.41.